The summed E-state index contributed by atoms with van der Waals surface area (Å²) in [5, 5.41) is 3.06. The zero-order chi connectivity index (χ0) is 17.5. The lowest BCUT2D eigenvalue weighted by atomic mass is 10.00. The highest BCUT2D eigenvalue weighted by molar-refractivity contribution is 8.23. The molecule has 0 radical (unpaired) electrons. The maximum atomic E-state index is 12.1. The van der Waals surface area contributed by atoms with Gasteiger partial charge in [0.05, 0.1) is 11.8 Å². The summed E-state index contributed by atoms with van der Waals surface area (Å²) in [6, 6.07) is 8.58. The van der Waals surface area contributed by atoms with Crippen molar-refractivity contribution in [3.63, 3.8) is 0 Å². The molecule has 0 saturated carbocycles. The van der Waals surface area contributed by atoms with Crippen LogP contribution in [0, 0.1) is 5.92 Å². The molecule has 1 amide bonds. The number of hydrogen-bond acceptors (Lipinski definition) is 3. The van der Waals surface area contributed by atoms with Gasteiger partial charge in [0.15, 0.2) is 0 Å². The number of nitrogens with zero attached hydrogens (tertiary/aromatic N) is 1. The third kappa shape index (κ3) is 6.10. The fourth-order valence-corrected chi connectivity index (χ4v) is 3.96. The molecule has 0 unspecified atom stereocenters. The van der Waals surface area contributed by atoms with Crippen molar-refractivity contribution in [2.45, 2.75) is 46.1 Å². The number of likely N-dealkylation sites (tertiary alicyclic amines) is 1. The third-order valence-electron chi connectivity index (χ3n) is 4.19. The van der Waals surface area contributed by atoms with Crippen molar-refractivity contribution in [3.05, 3.63) is 35.4 Å². The van der Waals surface area contributed by atoms with Gasteiger partial charge in [0, 0.05) is 13.1 Å². The normalized spacial score (nSPS) is 15.6. The standard InChI is InChI=1S/C19H28N2OS2/c1-14(2)12-16-6-8-17(9-7-16)15(3)20-18(22)13-24-19(23)21-10-4-5-11-21/h6-9,14-15H,4-5,10-13H2,1-3H3,(H,20,22)/t15-/m0/s1. The lowest BCUT2D eigenvalue weighted by Crippen LogP contribution is -2.30. The Morgan fingerprint density at radius 2 is 1.83 bits per heavy atom. The molecule has 0 aromatic heterocycles. The van der Waals surface area contributed by atoms with E-state index in [4.69, 9.17) is 12.2 Å². The molecule has 1 aliphatic heterocycles. The number of thiocarbonyl (C=S) groups is 1. The van der Waals surface area contributed by atoms with Crippen molar-refractivity contribution in [2.75, 3.05) is 18.8 Å². The Labute approximate surface area is 155 Å². The molecule has 24 heavy (non-hydrogen) atoms. The molecule has 1 atom stereocenters. The van der Waals surface area contributed by atoms with Crippen molar-refractivity contribution in [1.29, 1.82) is 0 Å². The Morgan fingerprint density at radius 1 is 1.21 bits per heavy atom. The average molecular weight is 365 g/mol. The number of carbonyl (C=O) groups is 1. The van der Waals surface area contributed by atoms with E-state index in [-0.39, 0.29) is 11.9 Å². The number of amides is 1. The highest BCUT2D eigenvalue weighted by Crippen LogP contribution is 2.18. The van der Waals surface area contributed by atoms with E-state index in [1.807, 2.05) is 6.92 Å². The van der Waals surface area contributed by atoms with Crippen LogP contribution in [-0.4, -0.2) is 34.0 Å². The Balaban J connectivity index is 1.77. The van der Waals surface area contributed by atoms with E-state index >= 15 is 0 Å². The number of carbonyl (C=O) groups excluding carboxylic acids is 1. The van der Waals surface area contributed by atoms with Crippen molar-refractivity contribution >= 4 is 34.2 Å². The van der Waals surface area contributed by atoms with Crippen LogP contribution < -0.4 is 5.32 Å². The van der Waals surface area contributed by atoms with Crippen LogP contribution >= 0.6 is 24.0 Å². The van der Waals surface area contributed by atoms with E-state index in [0.29, 0.717) is 11.7 Å². The zero-order valence-corrected chi connectivity index (χ0v) is 16.5. The topological polar surface area (TPSA) is 32.3 Å². The quantitative estimate of drug-likeness (QED) is 0.768. The molecule has 0 bridgehead atoms. The summed E-state index contributed by atoms with van der Waals surface area (Å²) in [6.07, 6.45) is 3.50. The Bertz CT molecular complexity index is 551. The van der Waals surface area contributed by atoms with Gasteiger partial charge in [0.2, 0.25) is 5.91 Å². The Kier molecular flexibility index (Phi) is 7.56. The lowest BCUT2D eigenvalue weighted by molar-refractivity contribution is -0.119. The van der Waals surface area contributed by atoms with Crippen LogP contribution in [0.25, 0.3) is 0 Å². The largest absolute Gasteiger partial charge is 0.358 e. The fourth-order valence-electron chi connectivity index (χ4n) is 2.90. The number of rotatable bonds is 6. The van der Waals surface area contributed by atoms with E-state index in [2.05, 4.69) is 48.3 Å². The van der Waals surface area contributed by atoms with Crippen LogP contribution in [0.2, 0.25) is 0 Å². The van der Waals surface area contributed by atoms with E-state index in [0.717, 1.165) is 29.4 Å². The zero-order valence-electron chi connectivity index (χ0n) is 14.9. The smallest absolute Gasteiger partial charge is 0.230 e. The summed E-state index contributed by atoms with van der Waals surface area (Å²) in [5.41, 5.74) is 2.49. The molecule has 1 aromatic rings. The summed E-state index contributed by atoms with van der Waals surface area (Å²) in [7, 11) is 0. The SMILES string of the molecule is CC(C)Cc1ccc([C@H](C)NC(=O)CSC(=S)N2CCCC2)cc1. The van der Waals surface area contributed by atoms with Gasteiger partial charge < -0.3 is 10.2 Å². The number of thioether (sulfide) groups is 1. The highest BCUT2D eigenvalue weighted by Gasteiger charge is 2.17. The molecule has 1 N–H and O–H groups in total. The molecule has 1 heterocycles. The van der Waals surface area contributed by atoms with Crippen LogP contribution in [0.15, 0.2) is 24.3 Å². The van der Waals surface area contributed by atoms with Crippen molar-refractivity contribution in [3.8, 4) is 0 Å². The molecule has 1 aromatic carbocycles. The first-order valence-corrected chi connectivity index (χ1v) is 10.1. The maximum absolute atomic E-state index is 12.1. The van der Waals surface area contributed by atoms with Gasteiger partial charge in [-0.15, -0.1) is 0 Å². The predicted octanol–water partition coefficient (Wildman–Crippen LogP) is 4.18. The number of hydrogen-bond donors (Lipinski definition) is 1. The van der Waals surface area contributed by atoms with E-state index in [9.17, 15) is 4.79 Å². The molecule has 3 nitrogen and oxygen atoms in total. The third-order valence-corrected chi connectivity index (χ3v) is 5.72. The minimum atomic E-state index is 0.0200. The van der Waals surface area contributed by atoms with Crippen LogP contribution in [0.5, 0.6) is 0 Å². The van der Waals surface area contributed by atoms with Crippen LogP contribution in [0.4, 0.5) is 0 Å². The van der Waals surface area contributed by atoms with Gasteiger partial charge in [0.25, 0.3) is 0 Å². The first-order chi connectivity index (χ1) is 11.5. The van der Waals surface area contributed by atoms with Crippen LogP contribution in [0.3, 0.4) is 0 Å². The highest BCUT2D eigenvalue weighted by atomic mass is 32.2. The molecule has 0 spiro atoms. The van der Waals surface area contributed by atoms with Gasteiger partial charge in [-0.25, -0.2) is 0 Å². The molecular weight excluding hydrogens is 336 g/mol. The van der Waals surface area contributed by atoms with Gasteiger partial charge in [-0.2, -0.15) is 0 Å². The van der Waals surface area contributed by atoms with Crippen LogP contribution in [-0.2, 0) is 11.2 Å². The molecular formula is C19H28N2OS2. The second-order valence-electron chi connectivity index (χ2n) is 6.88. The van der Waals surface area contributed by atoms with Crippen molar-refractivity contribution in [2.24, 2.45) is 5.92 Å². The molecule has 132 valence electrons. The minimum absolute atomic E-state index is 0.0200. The summed E-state index contributed by atoms with van der Waals surface area (Å²) in [5.74, 6) is 1.09. The fraction of sp³-hybridized carbons (Fsp3) is 0.579. The van der Waals surface area contributed by atoms with Gasteiger partial charge in [0.1, 0.15) is 4.32 Å². The second-order valence-corrected chi connectivity index (χ2v) is 8.49. The van der Waals surface area contributed by atoms with Gasteiger partial charge in [-0.05, 0) is 43.2 Å². The summed E-state index contributed by atoms with van der Waals surface area (Å²) in [4.78, 5) is 14.3. The second kappa shape index (κ2) is 9.42. The molecule has 1 fully saturated rings. The number of benzene rings is 1. The lowest BCUT2D eigenvalue weighted by Gasteiger charge is -2.18. The average Bonchev–Trinajstić information content (AvgIpc) is 3.07. The van der Waals surface area contributed by atoms with Gasteiger partial charge in [-0.1, -0.05) is 62.1 Å². The molecule has 0 aliphatic carbocycles. The Hall–Kier alpha value is -1.07. The van der Waals surface area contributed by atoms with Gasteiger partial charge in [-0.3, -0.25) is 4.79 Å². The molecule has 1 aliphatic rings. The summed E-state index contributed by atoms with van der Waals surface area (Å²) < 4.78 is 0.855. The maximum Gasteiger partial charge on any atom is 0.230 e. The van der Waals surface area contributed by atoms with Gasteiger partial charge >= 0.3 is 0 Å². The van der Waals surface area contributed by atoms with Crippen molar-refractivity contribution < 1.29 is 4.79 Å². The van der Waals surface area contributed by atoms with E-state index in [1.165, 1.54) is 30.2 Å². The molecule has 5 heteroatoms. The Morgan fingerprint density at radius 3 is 2.42 bits per heavy atom. The van der Waals surface area contributed by atoms with Crippen LogP contribution in [0.1, 0.15) is 50.8 Å². The van der Waals surface area contributed by atoms with Crippen molar-refractivity contribution in [1.82, 2.24) is 10.2 Å². The number of nitrogens with one attached hydrogen (secondary N) is 1. The predicted molar refractivity (Wildman–Crippen MR) is 107 cm³/mol. The summed E-state index contributed by atoms with van der Waals surface area (Å²) >= 11 is 6.87. The first kappa shape index (κ1) is 19.3. The summed E-state index contributed by atoms with van der Waals surface area (Å²) in [6.45, 7) is 8.54. The first-order valence-electron chi connectivity index (χ1n) is 8.75. The molecule has 2 rings (SSSR count). The monoisotopic (exact) mass is 364 g/mol. The van der Waals surface area contributed by atoms with E-state index < -0.39 is 0 Å². The van der Waals surface area contributed by atoms with E-state index in [1.54, 1.807) is 0 Å². The minimum Gasteiger partial charge on any atom is -0.358 e. The molecule has 1 saturated heterocycles.